The summed E-state index contributed by atoms with van der Waals surface area (Å²) in [6.45, 7) is 21.3. The molecule has 7 atom stereocenters. The average Bonchev–Trinajstić information content (AvgIpc) is 3.57. The van der Waals surface area contributed by atoms with Gasteiger partial charge in [0, 0.05) is 49.6 Å². The second-order valence-corrected chi connectivity index (χ2v) is 22.4. The molecule has 3 saturated carbocycles. The van der Waals surface area contributed by atoms with Crippen molar-refractivity contribution in [2.75, 3.05) is 45.9 Å². The van der Waals surface area contributed by atoms with Crippen LogP contribution >= 0.6 is 0 Å². The SMILES string of the molecule is C=C[C@@H]1C[C@]1(NC(=O)[C@@H]1C[C@@]2(CN1C(=O)[C@@H](NC(=O)[C@@H](NC(=O)[C@@H]1CCCN1CC)C(C)(C)C)C1(C)CCOCC1)C(C)(C)C21CCC1)C(=O)NS(=O)(=O)N1CCCC1. The quantitative estimate of drug-likeness (QED) is 0.203. The number of hydrogen-bond donors (Lipinski definition) is 4. The summed E-state index contributed by atoms with van der Waals surface area (Å²) in [5.74, 6) is -2.88. The molecule has 4 heterocycles. The number of nitrogens with one attached hydrogen (secondary N) is 4. The number of ether oxygens (including phenoxy) is 1. The largest absolute Gasteiger partial charge is 0.381 e. The van der Waals surface area contributed by atoms with E-state index in [4.69, 9.17) is 4.74 Å². The van der Waals surface area contributed by atoms with Gasteiger partial charge < -0.3 is 25.6 Å². The van der Waals surface area contributed by atoms with Crippen molar-refractivity contribution >= 4 is 39.7 Å². The van der Waals surface area contributed by atoms with Crippen molar-refractivity contribution < 1.29 is 37.1 Å². The standard InChI is InChI=1S/C43H69N7O8S/c1-9-28-25-43(28,37(55)47-59(56,57)49-21-11-12-22-49)46-34(52)30-26-42(39(6,7)41(42)16-14-17-41)27-50(30)36(54)32(40(8)18-23-58-24-19-40)45-35(53)31(38(3,4)5)44-33(51)29-15-13-20-48(29)10-2/h9,28-32H,1,10-27H2,2-8H3,(H,44,51)(H,45,53)(H,46,52)(H,47,55)/t28-,29+,30+,31-,32-,42-,43-/m1/s1. The van der Waals surface area contributed by atoms with E-state index < -0.39 is 68.3 Å². The number of nitrogens with zero attached hydrogens (tertiary/aromatic N) is 3. The van der Waals surface area contributed by atoms with Crippen LogP contribution in [0.3, 0.4) is 0 Å². The van der Waals surface area contributed by atoms with E-state index in [9.17, 15) is 27.6 Å². The van der Waals surface area contributed by atoms with E-state index in [1.807, 2.05) is 34.6 Å². The van der Waals surface area contributed by atoms with Crippen molar-refractivity contribution in [3.8, 4) is 0 Å². The van der Waals surface area contributed by atoms with Gasteiger partial charge in [-0.1, -0.05) is 61.0 Å². The lowest BCUT2D eigenvalue weighted by Gasteiger charge is -2.43. The van der Waals surface area contributed by atoms with Crippen LogP contribution in [0.4, 0.5) is 0 Å². The molecule has 0 aromatic carbocycles. The van der Waals surface area contributed by atoms with Gasteiger partial charge in [0.2, 0.25) is 23.6 Å². The number of carbonyl (C=O) groups is 5. The molecular formula is C43H69N7O8S. The van der Waals surface area contributed by atoms with Gasteiger partial charge in [-0.3, -0.25) is 28.9 Å². The van der Waals surface area contributed by atoms with Gasteiger partial charge in [-0.2, -0.15) is 12.7 Å². The smallest absolute Gasteiger partial charge is 0.303 e. The van der Waals surface area contributed by atoms with Crippen LogP contribution in [0.25, 0.3) is 0 Å². The first-order valence-electron chi connectivity index (χ1n) is 22.1. The Balaban J connectivity index is 1.19. The van der Waals surface area contributed by atoms with Gasteiger partial charge in [0.05, 0.1) is 6.04 Å². The number of likely N-dealkylation sites (N-methyl/N-ethyl adjacent to an activating group) is 1. The van der Waals surface area contributed by atoms with Gasteiger partial charge >= 0.3 is 10.2 Å². The van der Waals surface area contributed by atoms with Crippen molar-refractivity contribution in [2.24, 2.45) is 33.0 Å². The van der Waals surface area contributed by atoms with Crippen molar-refractivity contribution in [2.45, 2.75) is 149 Å². The molecule has 0 aromatic heterocycles. The Labute approximate surface area is 351 Å². The zero-order valence-electron chi connectivity index (χ0n) is 36.4. The summed E-state index contributed by atoms with van der Waals surface area (Å²) < 4.78 is 35.7. The Morgan fingerprint density at radius 2 is 1.53 bits per heavy atom. The highest BCUT2D eigenvalue weighted by Gasteiger charge is 2.85. The van der Waals surface area contributed by atoms with Crippen LogP contribution in [0.1, 0.15) is 119 Å². The Bertz CT molecular complexity index is 1830. The summed E-state index contributed by atoms with van der Waals surface area (Å²) in [4.78, 5) is 76.4. The number of hydrogen-bond acceptors (Lipinski definition) is 9. The van der Waals surface area contributed by atoms with Crippen molar-refractivity contribution in [1.29, 1.82) is 0 Å². The van der Waals surface area contributed by atoms with E-state index in [1.54, 1.807) is 11.0 Å². The normalized spacial score (nSPS) is 33.1. The summed E-state index contributed by atoms with van der Waals surface area (Å²) in [7, 11) is -4.12. The minimum atomic E-state index is -4.12. The molecule has 330 valence electrons. The Morgan fingerprint density at radius 3 is 2.07 bits per heavy atom. The van der Waals surface area contributed by atoms with E-state index in [-0.39, 0.29) is 40.5 Å². The predicted octanol–water partition coefficient (Wildman–Crippen LogP) is 2.62. The van der Waals surface area contributed by atoms with Gasteiger partial charge in [0.15, 0.2) is 0 Å². The van der Waals surface area contributed by atoms with Crippen molar-refractivity contribution in [1.82, 2.24) is 34.8 Å². The number of fused-ring (bicyclic) bond motifs is 1. The first-order valence-corrected chi connectivity index (χ1v) is 23.6. The molecule has 7 aliphatic rings. The molecule has 0 aromatic rings. The predicted molar refractivity (Wildman–Crippen MR) is 221 cm³/mol. The van der Waals surface area contributed by atoms with Crippen LogP contribution in [0.5, 0.6) is 0 Å². The van der Waals surface area contributed by atoms with E-state index in [2.05, 4.69) is 46.0 Å². The molecule has 16 heteroatoms. The molecule has 59 heavy (non-hydrogen) atoms. The summed E-state index contributed by atoms with van der Waals surface area (Å²) in [6.07, 6.45) is 9.18. The average molecular weight is 844 g/mol. The van der Waals surface area contributed by atoms with E-state index in [1.165, 1.54) is 4.31 Å². The lowest BCUT2D eigenvalue weighted by molar-refractivity contribution is -0.148. The van der Waals surface area contributed by atoms with E-state index in [0.29, 0.717) is 71.4 Å². The molecular weight excluding hydrogens is 775 g/mol. The fourth-order valence-corrected chi connectivity index (χ4v) is 13.4. The molecule has 4 aliphatic heterocycles. The van der Waals surface area contributed by atoms with Crippen LogP contribution in [0.2, 0.25) is 0 Å². The van der Waals surface area contributed by atoms with Crippen LogP contribution in [0.15, 0.2) is 12.7 Å². The topological polar surface area (TPSA) is 187 Å². The van der Waals surface area contributed by atoms with Crippen LogP contribution in [-0.2, 0) is 38.9 Å². The highest BCUT2D eigenvalue weighted by molar-refractivity contribution is 7.87. The third-order valence-corrected chi connectivity index (χ3v) is 17.9. The van der Waals surface area contributed by atoms with E-state index in [0.717, 1.165) is 38.8 Å². The van der Waals surface area contributed by atoms with Gasteiger partial charge in [0.1, 0.15) is 23.7 Å². The number of likely N-dealkylation sites (tertiary alicyclic amines) is 2. The number of carbonyl (C=O) groups excluding carboxylic acids is 5. The van der Waals surface area contributed by atoms with Gasteiger partial charge in [-0.25, -0.2) is 4.72 Å². The minimum Gasteiger partial charge on any atom is -0.381 e. The summed E-state index contributed by atoms with van der Waals surface area (Å²) in [6, 6.07) is -3.30. The zero-order valence-corrected chi connectivity index (χ0v) is 37.2. The minimum absolute atomic E-state index is 0.0365. The molecule has 4 saturated heterocycles. The van der Waals surface area contributed by atoms with Crippen LogP contribution < -0.4 is 20.7 Å². The molecule has 5 amide bonds. The zero-order chi connectivity index (χ0) is 43.0. The molecule has 7 fully saturated rings. The van der Waals surface area contributed by atoms with Crippen molar-refractivity contribution in [3.05, 3.63) is 12.7 Å². The van der Waals surface area contributed by atoms with Gasteiger partial charge in [-0.05, 0) is 93.5 Å². The highest BCUT2D eigenvalue weighted by atomic mass is 32.2. The molecule has 0 unspecified atom stereocenters. The molecule has 2 spiro atoms. The molecule has 3 aliphatic carbocycles. The maximum absolute atomic E-state index is 15.5. The Kier molecular flexibility index (Phi) is 11.5. The summed E-state index contributed by atoms with van der Waals surface area (Å²) in [5.41, 5.74) is -3.52. The molecule has 15 nitrogen and oxygen atoms in total. The summed E-state index contributed by atoms with van der Waals surface area (Å²) in [5, 5.41) is 9.20. The third-order valence-electron chi connectivity index (χ3n) is 16.4. The molecule has 0 bridgehead atoms. The fourth-order valence-electron chi connectivity index (χ4n) is 12.1. The monoisotopic (exact) mass is 843 g/mol. The van der Waals surface area contributed by atoms with Crippen LogP contribution in [0, 0.1) is 33.0 Å². The van der Waals surface area contributed by atoms with Gasteiger partial charge in [-0.15, -0.1) is 6.58 Å². The lowest BCUT2D eigenvalue weighted by Crippen LogP contribution is -2.64. The second-order valence-electron chi connectivity index (χ2n) is 20.7. The maximum atomic E-state index is 15.5. The number of rotatable bonds is 13. The Hall–Kier alpha value is -3.08. The van der Waals surface area contributed by atoms with Crippen molar-refractivity contribution in [3.63, 3.8) is 0 Å². The molecule has 7 rings (SSSR count). The van der Waals surface area contributed by atoms with Crippen LogP contribution in [-0.4, -0.2) is 128 Å². The first kappa shape index (κ1) is 44.0. The van der Waals surface area contributed by atoms with E-state index >= 15 is 4.79 Å². The first-order chi connectivity index (χ1) is 27.6. The summed E-state index contributed by atoms with van der Waals surface area (Å²) >= 11 is 0. The second kappa shape index (κ2) is 15.4. The molecule has 0 radical (unpaired) electrons. The lowest BCUT2D eigenvalue weighted by atomic mass is 9.73. The number of amides is 5. The third kappa shape index (κ3) is 7.22. The highest BCUT2D eigenvalue weighted by Crippen LogP contribution is 2.88. The van der Waals surface area contributed by atoms with Gasteiger partial charge in [0.25, 0.3) is 5.91 Å². The Morgan fingerprint density at radius 1 is 0.864 bits per heavy atom. The fraction of sp³-hybridized carbons (Fsp3) is 0.837. The maximum Gasteiger partial charge on any atom is 0.303 e. The molecule has 4 N–H and O–H groups in total.